The molecule has 0 saturated heterocycles. The minimum atomic E-state index is -0.496. The summed E-state index contributed by atoms with van der Waals surface area (Å²) in [6, 6.07) is 5.49. The second kappa shape index (κ2) is 4.08. The molecule has 0 aliphatic carbocycles. The summed E-state index contributed by atoms with van der Waals surface area (Å²) in [5.41, 5.74) is 1.12. The van der Waals surface area contributed by atoms with Crippen molar-refractivity contribution in [2.75, 3.05) is 5.32 Å². The number of anilines is 1. The first kappa shape index (κ1) is 11.4. The molecule has 0 aliphatic rings. The number of carbonyl (C=O) groups excluding carboxylic acids is 1. The van der Waals surface area contributed by atoms with Gasteiger partial charge in [0.1, 0.15) is 5.60 Å². The summed E-state index contributed by atoms with van der Waals surface area (Å²) in [5, 5.41) is 10.4. The van der Waals surface area contributed by atoms with Crippen LogP contribution in [0.2, 0.25) is 0 Å². The largest absolute Gasteiger partial charge is 0.444 e. The number of hydrogen-bond acceptors (Lipinski definition) is 3. The van der Waals surface area contributed by atoms with Gasteiger partial charge < -0.3 is 4.74 Å². The van der Waals surface area contributed by atoms with Gasteiger partial charge in [0.2, 0.25) is 0 Å². The Hall–Kier alpha value is -2.04. The highest BCUT2D eigenvalue weighted by Crippen LogP contribution is 2.17. The molecule has 1 aromatic carbocycles. The molecular formula is C12H15N3O2. The third kappa shape index (κ3) is 2.96. The lowest BCUT2D eigenvalue weighted by Crippen LogP contribution is -2.27. The van der Waals surface area contributed by atoms with Crippen molar-refractivity contribution >= 4 is 22.7 Å². The summed E-state index contributed by atoms with van der Waals surface area (Å²) in [6.07, 6.45) is 1.25. The average molecular weight is 233 g/mol. The molecule has 1 amide bonds. The van der Waals surface area contributed by atoms with Gasteiger partial charge in [0, 0.05) is 11.1 Å². The molecular weight excluding hydrogens is 218 g/mol. The van der Waals surface area contributed by atoms with Crippen molar-refractivity contribution in [3.8, 4) is 0 Å². The van der Waals surface area contributed by atoms with Crippen molar-refractivity contribution in [2.45, 2.75) is 26.4 Å². The van der Waals surface area contributed by atoms with Crippen LogP contribution in [0.4, 0.5) is 10.5 Å². The Bertz CT molecular complexity index is 540. The lowest BCUT2D eigenvalue weighted by molar-refractivity contribution is 0.0636. The van der Waals surface area contributed by atoms with E-state index in [9.17, 15) is 4.79 Å². The first-order valence-corrected chi connectivity index (χ1v) is 5.37. The summed E-state index contributed by atoms with van der Waals surface area (Å²) < 4.78 is 5.16. The normalized spacial score (nSPS) is 11.5. The Morgan fingerprint density at radius 2 is 2.18 bits per heavy atom. The lowest BCUT2D eigenvalue weighted by Gasteiger charge is -2.19. The van der Waals surface area contributed by atoms with Crippen LogP contribution < -0.4 is 5.32 Å². The molecule has 1 aromatic heterocycles. The molecule has 0 bridgehead atoms. The van der Waals surface area contributed by atoms with Crippen molar-refractivity contribution in [1.82, 2.24) is 10.2 Å². The van der Waals surface area contributed by atoms with E-state index >= 15 is 0 Å². The maximum Gasteiger partial charge on any atom is 0.412 e. The van der Waals surface area contributed by atoms with Crippen LogP contribution >= 0.6 is 0 Å². The Morgan fingerprint density at radius 1 is 1.41 bits per heavy atom. The van der Waals surface area contributed by atoms with Gasteiger partial charge in [0.15, 0.2) is 0 Å². The molecule has 0 spiro atoms. The van der Waals surface area contributed by atoms with E-state index in [1.807, 2.05) is 32.9 Å². The molecule has 0 saturated carbocycles. The van der Waals surface area contributed by atoms with E-state index in [1.165, 1.54) is 0 Å². The summed E-state index contributed by atoms with van der Waals surface area (Å²) >= 11 is 0. The Balaban J connectivity index is 2.10. The van der Waals surface area contributed by atoms with Crippen LogP contribution in [0, 0.1) is 0 Å². The van der Waals surface area contributed by atoms with Crippen LogP contribution in [0.15, 0.2) is 24.4 Å². The Kier molecular flexibility index (Phi) is 2.75. The molecule has 2 N–H and O–H groups in total. The minimum absolute atomic E-state index is 0.458. The van der Waals surface area contributed by atoms with Gasteiger partial charge in [0.05, 0.1) is 11.7 Å². The third-order valence-corrected chi connectivity index (χ3v) is 2.09. The molecule has 5 nitrogen and oxygen atoms in total. The van der Waals surface area contributed by atoms with Gasteiger partial charge >= 0.3 is 6.09 Å². The van der Waals surface area contributed by atoms with Crippen molar-refractivity contribution in [2.24, 2.45) is 0 Å². The molecule has 5 heteroatoms. The molecule has 2 rings (SSSR count). The summed E-state index contributed by atoms with van der Waals surface area (Å²) in [5.74, 6) is 0. The molecule has 0 atom stereocenters. The van der Waals surface area contributed by atoms with Gasteiger partial charge in [-0.05, 0) is 39.0 Å². The number of H-pyrrole nitrogens is 1. The van der Waals surface area contributed by atoms with Crippen LogP contribution in [-0.2, 0) is 4.74 Å². The van der Waals surface area contributed by atoms with Gasteiger partial charge in [-0.15, -0.1) is 0 Å². The van der Waals surface area contributed by atoms with Crippen molar-refractivity contribution in [3.05, 3.63) is 24.4 Å². The molecule has 2 aromatic rings. The third-order valence-electron chi connectivity index (χ3n) is 2.09. The van der Waals surface area contributed by atoms with Gasteiger partial charge in [-0.3, -0.25) is 10.4 Å². The average Bonchev–Trinajstić information content (AvgIpc) is 2.61. The SMILES string of the molecule is CC(C)(C)OC(=O)Nc1ccc2[nH]ncc2c1. The number of amides is 1. The maximum absolute atomic E-state index is 11.5. The number of benzene rings is 1. The van der Waals surface area contributed by atoms with Gasteiger partial charge in [-0.25, -0.2) is 4.79 Å². The van der Waals surface area contributed by atoms with Crippen molar-refractivity contribution in [1.29, 1.82) is 0 Å². The number of ether oxygens (including phenoxy) is 1. The number of carbonyl (C=O) groups is 1. The first-order chi connectivity index (χ1) is 7.94. The van der Waals surface area contributed by atoms with E-state index in [2.05, 4.69) is 15.5 Å². The van der Waals surface area contributed by atoms with E-state index in [-0.39, 0.29) is 0 Å². The molecule has 0 radical (unpaired) electrons. The second-order valence-electron chi connectivity index (χ2n) is 4.80. The number of aromatic amines is 1. The zero-order valence-corrected chi connectivity index (χ0v) is 10.1. The number of aromatic nitrogens is 2. The van der Waals surface area contributed by atoms with Crippen LogP contribution in [0.1, 0.15) is 20.8 Å². The van der Waals surface area contributed by atoms with Crippen LogP contribution in [0.3, 0.4) is 0 Å². The highest BCUT2D eigenvalue weighted by molar-refractivity contribution is 5.89. The Morgan fingerprint density at radius 3 is 2.88 bits per heavy atom. The van der Waals surface area contributed by atoms with E-state index in [0.29, 0.717) is 5.69 Å². The molecule has 90 valence electrons. The maximum atomic E-state index is 11.5. The first-order valence-electron chi connectivity index (χ1n) is 5.37. The van der Waals surface area contributed by atoms with E-state index < -0.39 is 11.7 Å². The molecule has 0 unspecified atom stereocenters. The number of nitrogens with one attached hydrogen (secondary N) is 2. The van der Waals surface area contributed by atoms with Crippen molar-refractivity contribution < 1.29 is 9.53 Å². The molecule has 1 heterocycles. The van der Waals surface area contributed by atoms with Crippen LogP contribution in [-0.4, -0.2) is 21.9 Å². The zero-order valence-electron chi connectivity index (χ0n) is 10.1. The Labute approximate surface area is 99.2 Å². The fourth-order valence-corrected chi connectivity index (χ4v) is 1.44. The summed E-state index contributed by atoms with van der Waals surface area (Å²) in [6.45, 7) is 5.48. The van der Waals surface area contributed by atoms with Gasteiger partial charge in [-0.1, -0.05) is 0 Å². The highest BCUT2D eigenvalue weighted by atomic mass is 16.6. The predicted molar refractivity (Wildman–Crippen MR) is 66.0 cm³/mol. The number of hydrogen-bond donors (Lipinski definition) is 2. The topological polar surface area (TPSA) is 67.0 Å². The fraction of sp³-hybridized carbons (Fsp3) is 0.333. The van der Waals surface area contributed by atoms with E-state index in [1.54, 1.807) is 12.3 Å². The van der Waals surface area contributed by atoms with Gasteiger partial charge in [0.25, 0.3) is 0 Å². The second-order valence-corrected chi connectivity index (χ2v) is 4.80. The number of fused-ring (bicyclic) bond motifs is 1. The quantitative estimate of drug-likeness (QED) is 0.795. The monoisotopic (exact) mass is 233 g/mol. The molecule has 0 fully saturated rings. The minimum Gasteiger partial charge on any atom is -0.444 e. The molecule has 17 heavy (non-hydrogen) atoms. The van der Waals surface area contributed by atoms with Crippen molar-refractivity contribution in [3.63, 3.8) is 0 Å². The summed E-state index contributed by atoms with van der Waals surface area (Å²) in [7, 11) is 0. The number of nitrogens with zero attached hydrogens (tertiary/aromatic N) is 1. The van der Waals surface area contributed by atoms with Gasteiger partial charge in [-0.2, -0.15) is 5.10 Å². The van der Waals surface area contributed by atoms with Crippen LogP contribution in [0.5, 0.6) is 0 Å². The summed E-state index contributed by atoms with van der Waals surface area (Å²) in [4.78, 5) is 11.5. The lowest BCUT2D eigenvalue weighted by atomic mass is 10.2. The van der Waals surface area contributed by atoms with E-state index in [4.69, 9.17) is 4.74 Å². The van der Waals surface area contributed by atoms with Crippen LogP contribution in [0.25, 0.3) is 10.9 Å². The smallest absolute Gasteiger partial charge is 0.412 e. The standard InChI is InChI=1S/C12H15N3O2/c1-12(2,3)17-11(16)14-9-4-5-10-8(6-9)7-13-15-10/h4-7H,1-3H3,(H,13,15)(H,14,16). The number of rotatable bonds is 1. The fourth-order valence-electron chi connectivity index (χ4n) is 1.44. The predicted octanol–water partition coefficient (Wildman–Crippen LogP) is 2.91. The molecule has 0 aliphatic heterocycles. The zero-order chi connectivity index (χ0) is 12.5. The van der Waals surface area contributed by atoms with E-state index in [0.717, 1.165) is 10.9 Å². The highest BCUT2D eigenvalue weighted by Gasteiger charge is 2.16.